The molecule has 0 radical (unpaired) electrons. The topological polar surface area (TPSA) is 53.4 Å². The van der Waals surface area contributed by atoms with Gasteiger partial charge in [-0.05, 0) is 31.2 Å². The molecule has 1 aliphatic heterocycles. The molecule has 140 valence electrons. The van der Waals surface area contributed by atoms with Crippen LogP contribution in [-0.2, 0) is 6.54 Å². The second-order valence-electron chi connectivity index (χ2n) is 6.53. The van der Waals surface area contributed by atoms with Crippen molar-refractivity contribution in [3.63, 3.8) is 0 Å². The summed E-state index contributed by atoms with van der Waals surface area (Å²) >= 11 is 6.13. The third-order valence-corrected chi connectivity index (χ3v) is 5.25. The van der Waals surface area contributed by atoms with Crippen molar-refractivity contribution in [3.8, 4) is 0 Å². The van der Waals surface area contributed by atoms with E-state index in [4.69, 9.17) is 16.6 Å². The lowest BCUT2D eigenvalue weighted by molar-refractivity contribution is 0.208. The first kappa shape index (κ1) is 17.7. The van der Waals surface area contributed by atoms with Gasteiger partial charge in [0.15, 0.2) is 0 Å². The van der Waals surface area contributed by atoms with Gasteiger partial charge in [0.25, 0.3) is 0 Å². The van der Waals surface area contributed by atoms with Gasteiger partial charge in [0.2, 0.25) is 5.95 Å². The summed E-state index contributed by atoms with van der Waals surface area (Å²) in [5.41, 5.74) is 2.79. The zero-order chi connectivity index (χ0) is 18.8. The van der Waals surface area contributed by atoms with Crippen LogP contribution in [0.2, 0.25) is 5.02 Å². The molecule has 7 heteroatoms. The molecule has 4 rings (SSSR count). The highest BCUT2D eigenvalue weighted by Gasteiger charge is 2.24. The number of urea groups is 1. The van der Waals surface area contributed by atoms with Gasteiger partial charge < -0.3 is 19.7 Å². The van der Waals surface area contributed by atoms with Crippen molar-refractivity contribution in [2.24, 2.45) is 0 Å². The maximum atomic E-state index is 12.5. The van der Waals surface area contributed by atoms with E-state index in [-0.39, 0.29) is 6.03 Å². The summed E-state index contributed by atoms with van der Waals surface area (Å²) in [6.45, 7) is 5.78. The van der Waals surface area contributed by atoms with Crippen LogP contribution in [0, 0.1) is 0 Å². The Labute approximate surface area is 163 Å². The van der Waals surface area contributed by atoms with Crippen molar-refractivity contribution in [3.05, 3.63) is 53.6 Å². The molecule has 0 atom stereocenters. The fourth-order valence-electron chi connectivity index (χ4n) is 3.48. The van der Waals surface area contributed by atoms with E-state index in [9.17, 15) is 4.79 Å². The monoisotopic (exact) mass is 383 g/mol. The molecular weight excluding hydrogens is 362 g/mol. The molecule has 2 amide bonds. The largest absolute Gasteiger partial charge is 0.339 e. The molecule has 6 nitrogen and oxygen atoms in total. The molecule has 0 unspecified atom stereocenters. The Morgan fingerprint density at radius 3 is 2.52 bits per heavy atom. The summed E-state index contributed by atoms with van der Waals surface area (Å²) in [6, 6.07) is 15.3. The number of nitrogens with zero attached hydrogens (tertiary/aromatic N) is 4. The third-order valence-electron chi connectivity index (χ3n) is 4.92. The predicted octanol–water partition coefficient (Wildman–Crippen LogP) is 4.06. The molecule has 0 bridgehead atoms. The van der Waals surface area contributed by atoms with Gasteiger partial charge >= 0.3 is 6.03 Å². The zero-order valence-electron chi connectivity index (χ0n) is 15.2. The average molecular weight is 384 g/mol. The molecule has 1 saturated heterocycles. The number of hydrogen-bond donors (Lipinski definition) is 1. The fraction of sp³-hybridized carbons (Fsp3) is 0.300. The van der Waals surface area contributed by atoms with Crippen LogP contribution in [0.15, 0.2) is 48.5 Å². The van der Waals surface area contributed by atoms with Crippen molar-refractivity contribution in [2.45, 2.75) is 13.5 Å². The SMILES string of the molecule is CCn1c(N2CCN(C(=O)Nc3ccccc3Cl)CC2)nc2ccccc21. The Bertz CT molecular complexity index is 962. The molecule has 1 aromatic heterocycles. The number of aromatic nitrogens is 2. The van der Waals surface area contributed by atoms with Gasteiger partial charge in [-0.1, -0.05) is 35.9 Å². The Hall–Kier alpha value is -2.73. The van der Waals surface area contributed by atoms with Gasteiger partial charge in [-0.3, -0.25) is 0 Å². The van der Waals surface area contributed by atoms with Gasteiger partial charge in [0.05, 0.1) is 21.7 Å². The number of rotatable bonds is 3. The second kappa shape index (κ2) is 7.48. The minimum atomic E-state index is -0.119. The van der Waals surface area contributed by atoms with E-state index >= 15 is 0 Å². The number of carbonyl (C=O) groups is 1. The van der Waals surface area contributed by atoms with E-state index in [0.29, 0.717) is 23.8 Å². The first-order valence-corrected chi connectivity index (χ1v) is 9.56. The summed E-state index contributed by atoms with van der Waals surface area (Å²) in [4.78, 5) is 21.4. The van der Waals surface area contributed by atoms with Crippen molar-refractivity contribution < 1.29 is 4.79 Å². The Morgan fingerprint density at radius 1 is 1.07 bits per heavy atom. The molecule has 1 N–H and O–H groups in total. The van der Waals surface area contributed by atoms with Crippen LogP contribution in [0.1, 0.15) is 6.92 Å². The summed E-state index contributed by atoms with van der Waals surface area (Å²) in [5, 5.41) is 3.44. The first-order valence-electron chi connectivity index (χ1n) is 9.18. The number of aryl methyl sites for hydroxylation is 1. The number of hydrogen-bond acceptors (Lipinski definition) is 3. The summed E-state index contributed by atoms with van der Waals surface area (Å²) in [5.74, 6) is 0.977. The third kappa shape index (κ3) is 3.45. The lowest BCUT2D eigenvalue weighted by Gasteiger charge is -2.35. The molecule has 27 heavy (non-hydrogen) atoms. The summed E-state index contributed by atoms with van der Waals surface area (Å²) < 4.78 is 2.23. The Kier molecular flexibility index (Phi) is 4.90. The van der Waals surface area contributed by atoms with Gasteiger partial charge in [-0.15, -0.1) is 0 Å². The number of halogens is 1. The maximum absolute atomic E-state index is 12.5. The van der Waals surface area contributed by atoms with Gasteiger partial charge in [-0.2, -0.15) is 0 Å². The average Bonchev–Trinajstić information content (AvgIpc) is 3.08. The van der Waals surface area contributed by atoms with Crippen LogP contribution in [0.5, 0.6) is 0 Å². The second-order valence-corrected chi connectivity index (χ2v) is 6.94. The van der Waals surface area contributed by atoms with E-state index in [1.165, 1.54) is 0 Å². The quantitative estimate of drug-likeness (QED) is 0.741. The van der Waals surface area contributed by atoms with E-state index < -0.39 is 0 Å². The van der Waals surface area contributed by atoms with Crippen LogP contribution < -0.4 is 10.2 Å². The Balaban J connectivity index is 1.45. The van der Waals surface area contributed by atoms with Crippen molar-refractivity contribution in [1.29, 1.82) is 0 Å². The van der Waals surface area contributed by atoms with Crippen LogP contribution in [-0.4, -0.2) is 46.7 Å². The number of piperazine rings is 1. The van der Waals surface area contributed by atoms with Crippen molar-refractivity contribution in [1.82, 2.24) is 14.5 Å². The number of nitrogens with one attached hydrogen (secondary N) is 1. The van der Waals surface area contributed by atoms with Crippen LogP contribution in [0.4, 0.5) is 16.4 Å². The molecular formula is C20H22ClN5O. The molecule has 0 aliphatic carbocycles. The van der Waals surface area contributed by atoms with E-state index in [1.54, 1.807) is 12.1 Å². The van der Waals surface area contributed by atoms with E-state index in [0.717, 1.165) is 36.6 Å². The number of para-hydroxylation sites is 3. The molecule has 1 fully saturated rings. The standard InChI is InChI=1S/C20H22ClN5O/c1-2-26-18-10-6-5-9-17(18)22-19(26)24-11-13-25(14-12-24)20(27)23-16-8-4-3-7-15(16)21/h3-10H,2,11-14H2,1H3,(H,23,27). The summed E-state index contributed by atoms with van der Waals surface area (Å²) in [6.07, 6.45) is 0. The number of anilines is 2. The summed E-state index contributed by atoms with van der Waals surface area (Å²) in [7, 11) is 0. The number of amides is 2. The van der Waals surface area contributed by atoms with Crippen molar-refractivity contribution >= 4 is 40.3 Å². The van der Waals surface area contributed by atoms with Crippen LogP contribution in [0.3, 0.4) is 0 Å². The van der Waals surface area contributed by atoms with Gasteiger partial charge in [0.1, 0.15) is 0 Å². The highest BCUT2D eigenvalue weighted by molar-refractivity contribution is 6.33. The molecule has 0 spiro atoms. The zero-order valence-corrected chi connectivity index (χ0v) is 16.0. The highest BCUT2D eigenvalue weighted by atomic mass is 35.5. The highest BCUT2D eigenvalue weighted by Crippen LogP contribution is 2.24. The minimum absolute atomic E-state index is 0.119. The van der Waals surface area contributed by atoms with Crippen molar-refractivity contribution in [2.75, 3.05) is 36.4 Å². The fourth-order valence-corrected chi connectivity index (χ4v) is 3.67. The first-order chi connectivity index (χ1) is 13.2. The minimum Gasteiger partial charge on any atom is -0.339 e. The smallest absolute Gasteiger partial charge is 0.322 e. The van der Waals surface area contributed by atoms with E-state index in [1.807, 2.05) is 35.2 Å². The molecule has 3 aromatic rings. The lowest BCUT2D eigenvalue weighted by Crippen LogP contribution is -2.50. The number of carbonyl (C=O) groups excluding carboxylic acids is 1. The van der Waals surface area contributed by atoms with Gasteiger partial charge in [-0.25, -0.2) is 9.78 Å². The Morgan fingerprint density at radius 2 is 1.78 bits per heavy atom. The maximum Gasteiger partial charge on any atom is 0.322 e. The lowest BCUT2D eigenvalue weighted by atomic mass is 10.3. The predicted molar refractivity (Wildman–Crippen MR) is 110 cm³/mol. The normalized spacial score (nSPS) is 14.6. The molecule has 2 aromatic carbocycles. The van der Waals surface area contributed by atoms with Crippen LogP contribution >= 0.6 is 11.6 Å². The van der Waals surface area contributed by atoms with Crippen LogP contribution in [0.25, 0.3) is 11.0 Å². The number of imidazole rings is 1. The van der Waals surface area contributed by atoms with E-state index in [2.05, 4.69) is 27.8 Å². The molecule has 2 heterocycles. The number of benzene rings is 2. The molecule has 1 aliphatic rings. The molecule has 0 saturated carbocycles. The number of fused-ring (bicyclic) bond motifs is 1. The van der Waals surface area contributed by atoms with Gasteiger partial charge in [0, 0.05) is 32.7 Å².